The number of hydrogen-bond donors (Lipinski definition) is 4. The molecule has 1 rings (SSSR count). The van der Waals surface area contributed by atoms with Crippen molar-refractivity contribution >= 4 is 11.9 Å². The minimum absolute atomic E-state index is 0.104. The van der Waals surface area contributed by atoms with Crippen LogP contribution < -0.4 is 5.43 Å². The third-order valence-electron chi connectivity index (χ3n) is 2.71. The summed E-state index contributed by atoms with van der Waals surface area (Å²) in [6, 6.07) is 0. The van der Waals surface area contributed by atoms with Crippen LogP contribution in [-0.2, 0) is 9.59 Å². The lowest BCUT2D eigenvalue weighted by Crippen LogP contribution is -2.43. The Kier molecular flexibility index (Phi) is 10.4. The van der Waals surface area contributed by atoms with Crippen molar-refractivity contribution in [3.63, 3.8) is 0 Å². The van der Waals surface area contributed by atoms with Crippen LogP contribution in [0.15, 0.2) is 12.2 Å². The molecule has 1 aliphatic heterocycles. The average Bonchev–Trinajstić information content (AvgIpc) is 2.37. The summed E-state index contributed by atoms with van der Waals surface area (Å²) in [5.74, 6) is -2.51. The Hall–Kier alpha value is -1.48. The number of likely N-dealkylation sites (tertiary alicyclic amines) is 1. The molecule has 122 valence electrons. The van der Waals surface area contributed by atoms with Crippen molar-refractivity contribution in [2.45, 2.75) is 18.9 Å². The lowest BCUT2D eigenvalue weighted by atomic mass is 10.1. The van der Waals surface area contributed by atoms with Gasteiger partial charge in [-0.05, 0) is 19.4 Å². The normalized spacial score (nSPS) is 19.3. The monoisotopic (exact) mass is 303 g/mol. The molecule has 0 bridgehead atoms. The van der Waals surface area contributed by atoms with E-state index in [-0.39, 0.29) is 6.10 Å². The van der Waals surface area contributed by atoms with Crippen LogP contribution in [0.2, 0.25) is 0 Å². The number of β-amino-alcohol motifs (C(OH)–C–C–N with tert-alkyl or cyclic N) is 1. The van der Waals surface area contributed by atoms with Crippen molar-refractivity contribution in [1.82, 2.24) is 15.3 Å². The van der Waals surface area contributed by atoms with Gasteiger partial charge in [0, 0.05) is 45.9 Å². The largest absolute Gasteiger partial charge is 0.478 e. The quantitative estimate of drug-likeness (QED) is 0.373. The molecule has 0 amide bonds. The summed E-state index contributed by atoms with van der Waals surface area (Å²) < 4.78 is 0. The number of carboxylic acids is 2. The van der Waals surface area contributed by atoms with Gasteiger partial charge in [0.15, 0.2) is 0 Å². The number of carboxylic acid groups (broad SMARTS) is 2. The number of carbonyl (C=O) groups is 2. The summed E-state index contributed by atoms with van der Waals surface area (Å²) in [6.07, 6.45) is 3.11. The van der Waals surface area contributed by atoms with Crippen molar-refractivity contribution in [2.24, 2.45) is 0 Å². The Morgan fingerprint density at radius 1 is 1.29 bits per heavy atom. The standard InChI is InChI=1S/C9H21N3O.C4H4O4/c1-11(2)10-5-7-12-6-3-4-9(13)8-12;5-3(6)1-2-4(7)8/h9-10,13H,3-8H2,1-2H3;1-2H,(H,5,6)(H,7,8)/b;2-1-. The Morgan fingerprint density at radius 2 is 1.86 bits per heavy atom. The molecular weight excluding hydrogens is 278 g/mol. The number of piperidine rings is 1. The molecule has 21 heavy (non-hydrogen) atoms. The Morgan fingerprint density at radius 3 is 2.29 bits per heavy atom. The minimum Gasteiger partial charge on any atom is -0.478 e. The number of aliphatic hydroxyl groups excluding tert-OH is 1. The van der Waals surface area contributed by atoms with Gasteiger partial charge in [-0.3, -0.25) is 15.3 Å². The van der Waals surface area contributed by atoms with Gasteiger partial charge in [-0.25, -0.2) is 9.59 Å². The van der Waals surface area contributed by atoms with E-state index in [1.165, 1.54) is 0 Å². The number of hydrogen-bond acceptors (Lipinski definition) is 6. The predicted octanol–water partition coefficient (Wildman–Crippen LogP) is -0.779. The van der Waals surface area contributed by atoms with Crippen LogP contribution in [0, 0.1) is 0 Å². The second-order valence-electron chi connectivity index (χ2n) is 4.91. The van der Waals surface area contributed by atoms with E-state index < -0.39 is 11.9 Å². The first kappa shape index (κ1) is 19.5. The first-order chi connectivity index (χ1) is 9.81. The van der Waals surface area contributed by atoms with Gasteiger partial charge < -0.3 is 15.3 Å². The molecule has 1 atom stereocenters. The van der Waals surface area contributed by atoms with Crippen LogP contribution in [0.1, 0.15) is 12.8 Å². The van der Waals surface area contributed by atoms with Crippen LogP contribution in [0.25, 0.3) is 0 Å². The second-order valence-corrected chi connectivity index (χ2v) is 4.91. The molecule has 1 unspecified atom stereocenters. The van der Waals surface area contributed by atoms with E-state index in [2.05, 4.69) is 10.3 Å². The smallest absolute Gasteiger partial charge is 0.328 e. The van der Waals surface area contributed by atoms with Gasteiger partial charge in [0.05, 0.1) is 6.10 Å². The van der Waals surface area contributed by atoms with E-state index in [4.69, 9.17) is 10.2 Å². The molecule has 1 aliphatic rings. The molecule has 0 saturated carbocycles. The fourth-order valence-corrected chi connectivity index (χ4v) is 1.81. The average molecular weight is 303 g/mol. The minimum atomic E-state index is -1.26. The van der Waals surface area contributed by atoms with Gasteiger partial charge in [0.2, 0.25) is 0 Å². The summed E-state index contributed by atoms with van der Waals surface area (Å²) in [5.41, 5.74) is 3.22. The SMILES string of the molecule is CN(C)NCCN1CCCC(O)C1.O=C(O)/C=C\C(=O)O. The molecule has 0 aromatic heterocycles. The first-order valence-electron chi connectivity index (χ1n) is 6.76. The van der Waals surface area contributed by atoms with Crippen molar-refractivity contribution in [2.75, 3.05) is 40.3 Å². The van der Waals surface area contributed by atoms with Crippen molar-refractivity contribution < 1.29 is 24.9 Å². The maximum atomic E-state index is 9.55. The van der Waals surface area contributed by atoms with E-state index in [1.54, 1.807) is 0 Å². The van der Waals surface area contributed by atoms with E-state index in [1.807, 2.05) is 19.1 Å². The Labute approximate surface area is 124 Å². The molecule has 8 nitrogen and oxygen atoms in total. The van der Waals surface area contributed by atoms with Gasteiger partial charge >= 0.3 is 11.9 Å². The predicted molar refractivity (Wildman–Crippen MR) is 77.8 cm³/mol. The number of rotatable bonds is 6. The highest BCUT2D eigenvalue weighted by atomic mass is 16.4. The summed E-state index contributed by atoms with van der Waals surface area (Å²) in [4.78, 5) is 21.4. The lowest BCUT2D eigenvalue weighted by Gasteiger charge is -2.30. The first-order valence-corrected chi connectivity index (χ1v) is 6.76. The number of aliphatic hydroxyl groups is 1. The van der Waals surface area contributed by atoms with Crippen LogP contribution >= 0.6 is 0 Å². The number of nitrogens with zero attached hydrogens (tertiary/aromatic N) is 2. The molecule has 1 fully saturated rings. The molecule has 8 heteroatoms. The molecule has 4 N–H and O–H groups in total. The number of nitrogens with one attached hydrogen (secondary N) is 1. The van der Waals surface area contributed by atoms with Gasteiger partial charge in [-0.2, -0.15) is 0 Å². The highest BCUT2D eigenvalue weighted by Gasteiger charge is 2.16. The molecule has 0 radical (unpaired) electrons. The third kappa shape index (κ3) is 13.3. The van der Waals surface area contributed by atoms with Gasteiger partial charge in [-0.1, -0.05) is 0 Å². The van der Waals surface area contributed by atoms with Gasteiger partial charge in [-0.15, -0.1) is 0 Å². The van der Waals surface area contributed by atoms with E-state index in [0.29, 0.717) is 12.2 Å². The van der Waals surface area contributed by atoms with Crippen LogP contribution in [-0.4, -0.2) is 83.5 Å². The zero-order chi connectivity index (χ0) is 16.3. The van der Waals surface area contributed by atoms with Gasteiger partial charge in [0.25, 0.3) is 0 Å². The van der Waals surface area contributed by atoms with Crippen LogP contribution in [0.3, 0.4) is 0 Å². The van der Waals surface area contributed by atoms with Crippen LogP contribution in [0.5, 0.6) is 0 Å². The Bertz CT molecular complexity index is 331. The molecule has 0 aromatic carbocycles. The number of hydrazine groups is 1. The fraction of sp³-hybridized carbons (Fsp3) is 0.692. The highest BCUT2D eigenvalue weighted by Crippen LogP contribution is 2.08. The lowest BCUT2D eigenvalue weighted by molar-refractivity contribution is -0.134. The molecular formula is C13H25N3O5. The highest BCUT2D eigenvalue weighted by molar-refractivity contribution is 5.89. The summed E-state index contributed by atoms with van der Waals surface area (Å²) >= 11 is 0. The van der Waals surface area contributed by atoms with Crippen LogP contribution in [0.4, 0.5) is 0 Å². The maximum Gasteiger partial charge on any atom is 0.328 e. The maximum absolute atomic E-state index is 9.55. The third-order valence-corrected chi connectivity index (χ3v) is 2.71. The molecule has 0 aromatic rings. The van der Waals surface area contributed by atoms with E-state index in [0.717, 1.165) is 39.0 Å². The Balaban J connectivity index is 0.000000433. The zero-order valence-corrected chi connectivity index (χ0v) is 12.5. The van der Waals surface area contributed by atoms with Crippen molar-refractivity contribution in [1.29, 1.82) is 0 Å². The van der Waals surface area contributed by atoms with Crippen molar-refractivity contribution in [3.8, 4) is 0 Å². The summed E-state index contributed by atoms with van der Waals surface area (Å²) in [7, 11) is 3.98. The van der Waals surface area contributed by atoms with E-state index >= 15 is 0 Å². The van der Waals surface area contributed by atoms with Crippen molar-refractivity contribution in [3.05, 3.63) is 12.2 Å². The molecule has 0 spiro atoms. The summed E-state index contributed by atoms with van der Waals surface area (Å²) in [5, 5.41) is 27.0. The summed E-state index contributed by atoms with van der Waals surface area (Å²) in [6.45, 7) is 3.95. The zero-order valence-electron chi connectivity index (χ0n) is 12.5. The molecule has 1 heterocycles. The number of aliphatic carboxylic acids is 2. The molecule has 1 saturated heterocycles. The topological polar surface area (TPSA) is 113 Å². The molecule has 0 aliphatic carbocycles. The van der Waals surface area contributed by atoms with E-state index in [9.17, 15) is 14.7 Å². The second kappa shape index (κ2) is 11.2. The van der Waals surface area contributed by atoms with Gasteiger partial charge in [0.1, 0.15) is 0 Å². The fourth-order valence-electron chi connectivity index (χ4n) is 1.81.